The molecule has 10 heteroatoms. The van der Waals surface area contributed by atoms with Gasteiger partial charge in [-0.25, -0.2) is 15.2 Å². The second kappa shape index (κ2) is 8.10. The van der Waals surface area contributed by atoms with E-state index in [4.69, 9.17) is 5.11 Å². The van der Waals surface area contributed by atoms with E-state index in [-0.39, 0.29) is 29.2 Å². The normalized spacial score (nSPS) is 10.4. The van der Waals surface area contributed by atoms with Gasteiger partial charge < -0.3 is 15.3 Å². The molecule has 0 bridgehead atoms. The van der Waals surface area contributed by atoms with Crippen LogP contribution < -0.4 is 10.9 Å². The second-order valence-corrected chi connectivity index (χ2v) is 5.61. The molecule has 142 valence electrons. The largest absolute Gasteiger partial charge is 0.507 e. The summed E-state index contributed by atoms with van der Waals surface area (Å²) in [4.78, 5) is 35.1. The van der Waals surface area contributed by atoms with Gasteiger partial charge in [0, 0.05) is 18.9 Å². The number of phenols is 1. The third-order valence-corrected chi connectivity index (χ3v) is 3.69. The van der Waals surface area contributed by atoms with Crippen LogP contribution in [0.1, 0.15) is 26.3 Å². The molecule has 0 spiro atoms. The maximum atomic E-state index is 12.2. The molecule has 0 saturated heterocycles. The Labute approximate surface area is 158 Å². The smallest absolute Gasteiger partial charge is 0.339 e. The van der Waals surface area contributed by atoms with Gasteiger partial charge in [0.25, 0.3) is 5.91 Å². The number of aromatic nitrogens is 3. The van der Waals surface area contributed by atoms with Crippen molar-refractivity contribution in [2.75, 3.05) is 0 Å². The minimum atomic E-state index is -1.27. The van der Waals surface area contributed by atoms with Gasteiger partial charge in [-0.15, -0.1) is 0 Å². The van der Waals surface area contributed by atoms with E-state index in [1.54, 1.807) is 24.4 Å². The topological polar surface area (TPSA) is 158 Å². The molecule has 2 aromatic heterocycles. The molecule has 0 fully saturated rings. The number of hydrogen-bond acceptors (Lipinski definition) is 8. The number of aromatic carboxylic acids is 1. The molecule has 10 nitrogen and oxygen atoms in total. The minimum Gasteiger partial charge on any atom is -0.507 e. The highest BCUT2D eigenvalue weighted by atomic mass is 16.4. The lowest BCUT2D eigenvalue weighted by Gasteiger charge is -2.09. The number of carboxylic acid groups (broad SMARTS) is 1. The highest BCUT2D eigenvalue weighted by molar-refractivity contribution is 5.95. The van der Waals surface area contributed by atoms with E-state index in [1.165, 1.54) is 24.4 Å². The lowest BCUT2D eigenvalue weighted by Crippen LogP contribution is -2.37. The fourth-order valence-electron chi connectivity index (χ4n) is 2.31. The van der Waals surface area contributed by atoms with Crippen molar-refractivity contribution in [1.29, 1.82) is 0 Å². The van der Waals surface area contributed by atoms with Gasteiger partial charge in [-0.05, 0) is 29.8 Å². The number of carbonyl (C=O) groups is 2. The summed E-state index contributed by atoms with van der Waals surface area (Å²) in [5, 5.41) is 28.5. The van der Waals surface area contributed by atoms with Crippen LogP contribution in [-0.2, 0) is 6.54 Å². The van der Waals surface area contributed by atoms with E-state index < -0.39 is 17.8 Å². The molecule has 5 N–H and O–H groups in total. The zero-order valence-electron chi connectivity index (χ0n) is 14.3. The zero-order valence-corrected chi connectivity index (χ0v) is 14.3. The number of nitrogens with zero attached hydrogens (tertiary/aromatic N) is 3. The van der Waals surface area contributed by atoms with Gasteiger partial charge in [0.2, 0.25) is 5.88 Å². The number of hydrazine groups is 1. The van der Waals surface area contributed by atoms with Crippen LogP contribution in [0.2, 0.25) is 0 Å². The van der Waals surface area contributed by atoms with Gasteiger partial charge in [-0.2, -0.15) is 4.98 Å². The summed E-state index contributed by atoms with van der Waals surface area (Å²) >= 11 is 0. The van der Waals surface area contributed by atoms with Crippen molar-refractivity contribution >= 4 is 11.9 Å². The molecule has 1 aromatic carbocycles. The van der Waals surface area contributed by atoms with E-state index in [0.717, 1.165) is 0 Å². The summed E-state index contributed by atoms with van der Waals surface area (Å²) in [5.41, 5.74) is 5.53. The van der Waals surface area contributed by atoms with E-state index in [1.807, 2.05) is 0 Å². The molecule has 3 aromatic rings. The summed E-state index contributed by atoms with van der Waals surface area (Å²) in [6.07, 6.45) is 2.73. The Morgan fingerprint density at radius 3 is 2.54 bits per heavy atom. The van der Waals surface area contributed by atoms with Crippen molar-refractivity contribution in [1.82, 2.24) is 25.8 Å². The van der Waals surface area contributed by atoms with Crippen LogP contribution in [0.3, 0.4) is 0 Å². The lowest BCUT2D eigenvalue weighted by molar-refractivity contribution is 0.0693. The van der Waals surface area contributed by atoms with E-state index in [9.17, 15) is 19.8 Å². The Balaban J connectivity index is 1.64. The third-order valence-electron chi connectivity index (χ3n) is 3.69. The van der Waals surface area contributed by atoms with Gasteiger partial charge >= 0.3 is 5.97 Å². The number of hydrogen-bond donors (Lipinski definition) is 5. The summed E-state index contributed by atoms with van der Waals surface area (Å²) in [5.74, 6) is -2.63. The molecule has 0 aliphatic heterocycles. The van der Waals surface area contributed by atoms with Gasteiger partial charge in [0.05, 0.1) is 0 Å². The summed E-state index contributed by atoms with van der Waals surface area (Å²) in [6, 6.07) is 9.16. The quantitative estimate of drug-likeness (QED) is 0.394. The van der Waals surface area contributed by atoms with Crippen LogP contribution in [0, 0.1) is 0 Å². The van der Waals surface area contributed by atoms with Crippen LogP contribution in [0.25, 0.3) is 11.5 Å². The van der Waals surface area contributed by atoms with E-state index in [0.29, 0.717) is 11.3 Å². The lowest BCUT2D eigenvalue weighted by atomic mass is 10.1. The fourth-order valence-corrected chi connectivity index (χ4v) is 2.31. The van der Waals surface area contributed by atoms with Crippen molar-refractivity contribution in [3.63, 3.8) is 0 Å². The summed E-state index contributed by atoms with van der Waals surface area (Å²) in [6.45, 7) is 0.0833. The molecule has 0 atom stereocenters. The van der Waals surface area contributed by atoms with E-state index in [2.05, 4.69) is 25.8 Å². The van der Waals surface area contributed by atoms with Crippen LogP contribution in [0.4, 0.5) is 0 Å². The number of nitrogens with one attached hydrogen (secondary N) is 2. The number of carboxylic acids is 1. The molecular formula is C18H15N5O5. The first-order valence-corrected chi connectivity index (χ1v) is 8.01. The minimum absolute atomic E-state index is 0.0833. The first-order chi connectivity index (χ1) is 13.5. The second-order valence-electron chi connectivity index (χ2n) is 5.61. The number of pyridine rings is 1. The molecule has 0 aliphatic carbocycles. The molecule has 28 heavy (non-hydrogen) atoms. The first-order valence-electron chi connectivity index (χ1n) is 8.01. The van der Waals surface area contributed by atoms with Crippen LogP contribution in [-0.4, -0.2) is 42.1 Å². The Morgan fingerprint density at radius 2 is 1.86 bits per heavy atom. The Hall–Kier alpha value is -4.05. The predicted molar refractivity (Wildman–Crippen MR) is 96.3 cm³/mol. The maximum Gasteiger partial charge on any atom is 0.339 e. The van der Waals surface area contributed by atoms with Crippen molar-refractivity contribution in [2.45, 2.75) is 6.54 Å². The van der Waals surface area contributed by atoms with E-state index >= 15 is 0 Å². The van der Waals surface area contributed by atoms with Crippen LogP contribution in [0.5, 0.6) is 11.6 Å². The fraction of sp³-hybridized carbons (Fsp3) is 0.0556. The van der Waals surface area contributed by atoms with Gasteiger partial charge in [-0.3, -0.25) is 15.2 Å². The molecule has 0 unspecified atom stereocenters. The molecule has 1 amide bonds. The number of rotatable bonds is 6. The zero-order chi connectivity index (χ0) is 20.1. The van der Waals surface area contributed by atoms with Crippen LogP contribution >= 0.6 is 0 Å². The van der Waals surface area contributed by atoms with Crippen molar-refractivity contribution < 1.29 is 24.9 Å². The summed E-state index contributed by atoms with van der Waals surface area (Å²) in [7, 11) is 0. The first kappa shape index (κ1) is 18.7. The average Bonchev–Trinajstić information content (AvgIpc) is 2.69. The number of aromatic hydroxyl groups is 2. The van der Waals surface area contributed by atoms with Crippen molar-refractivity contribution in [3.05, 3.63) is 65.5 Å². The highest BCUT2D eigenvalue weighted by Crippen LogP contribution is 2.19. The number of benzene rings is 1. The van der Waals surface area contributed by atoms with Gasteiger partial charge in [0.1, 0.15) is 22.6 Å². The maximum absolute atomic E-state index is 12.2. The molecule has 3 rings (SSSR count). The standard InChI is InChI=1S/C18H15N5O5/c24-14-5-4-10(7-11(14)18(27)28)8-21-23-17(26)12-9-20-15(22-16(12)25)13-3-1-2-6-19-13/h1-7,9,21,24H,8H2,(H,23,26)(H,27,28)(H,20,22,25). The Morgan fingerprint density at radius 1 is 1.04 bits per heavy atom. The molecule has 2 heterocycles. The predicted octanol–water partition coefficient (Wildman–Crippen LogP) is 1.08. The molecule has 0 aliphatic rings. The Kier molecular flexibility index (Phi) is 5.42. The monoisotopic (exact) mass is 381 g/mol. The average molecular weight is 381 g/mol. The highest BCUT2D eigenvalue weighted by Gasteiger charge is 2.15. The van der Waals surface area contributed by atoms with Gasteiger partial charge in [0.15, 0.2) is 5.82 Å². The molecule has 0 saturated carbocycles. The Bertz CT molecular complexity index is 1030. The molecule has 0 radical (unpaired) electrons. The van der Waals surface area contributed by atoms with Crippen molar-refractivity contribution in [3.8, 4) is 23.1 Å². The SMILES string of the molecule is O=C(O)c1cc(CNNC(=O)c2cnc(-c3ccccn3)nc2O)ccc1O. The van der Waals surface area contributed by atoms with Crippen molar-refractivity contribution in [2.24, 2.45) is 0 Å². The number of carbonyl (C=O) groups excluding carboxylic acids is 1. The number of amides is 1. The summed E-state index contributed by atoms with van der Waals surface area (Å²) < 4.78 is 0. The van der Waals surface area contributed by atoms with Gasteiger partial charge in [-0.1, -0.05) is 12.1 Å². The molecular weight excluding hydrogens is 366 g/mol. The van der Waals surface area contributed by atoms with Crippen LogP contribution in [0.15, 0.2) is 48.8 Å². The third kappa shape index (κ3) is 4.19.